The predicted octanol–water partition coefficient (Wildman–Crippen LogP) is 2.16. The van der Waals surface area contributed by atoms with Gasteiger partial charge in [0.2, 0.25) is 0 Å². The molecule has 1 aliphatic rings. The van der Waals surface area contributed by atoms with E-state index in [1.165, 1.54) is 0 Å². The zero-order chi connectivity index (χ0) is 13.5. The van der Waals surface area contributed by atoms with E-state index in [1.54, 1.807) is 0 Å². The minimum absolute atomic E-state index is 0.488. The first kappa shape index (κ1) is 11.7. The van der Waals surface area contributed by atoms with E-state index < -0.39 is 0 Å². The monoisotopic (exact) mass is 267 g/mol. The molecule has 102 valence electrons. The average molecular weight is 267 g/mol. The molecule has 4 N–H and O–H groups in total. The van der Waals surface area contributed by atoms with Crippen LogP contribution in [-0.4, -0.2) is 28.0 Å². The number of imidazole rings is 1. The van der Waals surface area contributed by atoms with Gasteiger partial charge in [-0.05, 0) is 32.0 Å². The number of aromatic amines is 1. The molecule has 0 saturated carbocycles. The lowest BCUT2D eigenvalue weighted by atomic mass is 9.98. The number of pyridine rings is 1. The van der Waals surface area contributed by atoms with Gasteiger partial charge < -0.3 is 16.0 Å². The van der Waals surface area contributed by atoms with Gasteiger partial charge in [0.05, 0.1) is 11.0 Å². The molecular formula is C15H17N5. The van der Waals surface area contributed by atoms with Crippen molar-refractivity contribution in [2.75, 3.05) is 18.8 Å². The molecule has 3 heterocycles. The van der Waals surface area contributed by atoms with Crippen molar-refractivity contribution in [3.05, 3.63) is 30.1 Å². The van der Waals surface area contributed by atoms with Crippen LogP contribution in [0, 0.1) is 0 Å². The van der Waals surface area contributed by atoms with Crippen molar-refractivity contribution in [1.29, 1.82) is 0 Å². The quantitative estimate of drug-likeness (QED) is 0.631. The lowest BCUT2D eigenvalue weighted by Crippen LogP contribution is -2.27. The first-order valence-corrected chi connectivity index (χ1v) is 7.07. The summed E-state index contributed by atoms with van der Waals surface area (Å²) in [5, 5.41) is 4.47. The van der Waals surface area contributed by atoms with Crippen molar-refractivity contribution in [1.82, 2.24) is 20.3 Å². The fourth-order valence-electron chi connectivity index (χ4n) is 3.03. The summed E-state index contributed by atoms with van der Waals surface area (Å²) in [6, 6.07) is 8.04. The van der Waals surface area contributed by atoms with Gasteiger partial charge in [-0.1, -0.05) is 18.2 Å². The molecule has 5 nitrogen and oxygen atoms in total. The number of nitrogen functional groups attached to an aromatic ring is 1. The van der Waals surface area contributed by atoms with Crippen LogP contribution in [-0.2, 0) is 0 Å². The number of H-pyrrole nitrogens is 1. The van der Waals surface area contributed by atoms with Crippen molar-refractivity contribution in [3.8, 4) is 0 Å². The number of anilines is 1. The molecule has 20 heavy (non-hydrogen) atoms. The standard InChI is InChI=1S/C15H17N5/c16-14-13-12(10-3-1-2-4-11(10)18-14)19-15(20-13)9-5-7-17-8-6-9/h1-4,9,17H,5-8H2,(H2,16,18)(H,19,20). The molecule has 2 aromatic heterocycles. The Morgan fingerprint density at radius 3 is 2.75 bits per heavy atom. The van der Waals surface area contributed by atoms with E-state index in [-0.39, 0.29) is 0 Å². The zero-order valence-corrected chi connectivity index (χ0v) is 11.2. The molecule has 0 radical (unpaired) electrons. The van der Waals surface area contributed by atoms with Gasteiger partial charge in [-0.2, -0.15) is 0 Å². The minimum Gasteiger partial charge on any atom is -0.382 e. The van der Waals surface area contributed by atoms with E-state index in [0.717, 1.165) is 53.7 Å². The Bertz CT molecular complexity index is 770. The van der Waals surface area contributed by atoms with Crippen molar-refractivity contribution >= 4 is 27.8 Å². The summed E-state index contributed by atoms with van der Waals surface area (Å²) in [5.74, 6) is 2.04. The van der Waals surface area contributed by atoms with Gasteiger partial charge >= 0.3 is 0 Å². The second-order valence-corrected chi connectivity index (χ2v) is 5.38. The fourth-order valence-corrected chi connectivity index (χ4v) is 3.03. The van der Waals surface area contributed by atoms with Crippen molar-refractivity contribution < 1.29 is 0 Å². The Balaban J connectivity index is 1.93. The normalized spacial score (nSPS) is 17.0. The predicted molar refractivity (Wildman–Crippen MR) is 80.7 cm³/mol. The molecule has 1 aromatic carbocycles. The second-order valence-electron chi connectivity index (χ2n) is 5.38. The summed E-state index contributed by atoms with van der Waals surface area (Å²) < 4.78 is 0. The zero-order valence-electron chi connectivity index (χ0n) is 11.2. The van der Waals surface area contributed by atoms with Gasteiger partial charge in [0.1, 0.15) is 11.3 Å². The number of benzene rings is 1. The molecule has 0 aliphatic carbocycles. The Hall–Kier alpha value is -2.14. The van der Waals surface area contributed by atoms with Crippen LogP contribution >= 0.6 is 0 Å². The lowest BCUT2D eigenvalue weighted by molar-refractivity contribution is 0.448. The first-order valence-electron chi connectivity index (χ1n) is 7.07. The highest BCUT2D eigenvalue weighted by molar-refractivity contribution is 6.06. The third kappa shape index (κ3) is 1.74. The van der Waals surface area contributed by atoms with Gasteiger partial charge in [-0.15, -0.1) is 0 Å². The van der Waals surface area contributed by atoms with E-state index in [0.29, 0.717) is 11.7 Å². The van der Waals surface area contributed by atoms with Crippen LogP contribution in [0.4, 0.5) is 5.82 Å². The van der Waals surface area contributed by atoms with Gasteiger partial charge in [0.15, 0.2) is 5.82 Å². The summed E-state index contributed by atoms with van der Waals surface area (Å²) in [7, 11) is 0. The maximum atomic E-state index is 6.06. The van der Waals surface area contributed by atoms with Crippen LogP contribution < -0.4 is 11.1 Å². The van der Waals surface area contributed by atoms with Crippen LogP contribution in [0.25, 0.3) is 21.9 Å². The summed E-state index contributed by atoms with van der Waals surface area (Å²) in [6.07, 6.45) is 2.23. The smallest absolute Gasteiger partial charge is 0.152 e. The van der Waals surface area contributed by atoms with Crippen LogP contribution in [0.5, 0.6) is 0 Å². The summed E-state index contributed by atoms with van der Waals surface area (Å²) in [4.78, 5) is 12.7. The fraction of sp³-hybridized carbons (Fsp3) is 0.333. The molecule has 3 aromatic rings. The Kier molecular flexibility index (Phi) is 2.60. The summed E-state index contributed by atoms with van der Waals surface area (Å²) in [5.41, 5.74) is 8.79. The summed E-state index contributed by atoms with van der Waals surface area (Å²) >= 11 is 0. The molecule has 0 bridgehead atoms. The van der Waals surface area contributed by atoms with Gasteiger partial charge in [0, 0.05) is 11.3 Å². The molecule has 0 atom stereocenters. The second kappa shape index (κ2) is 4.45. The highest BCUT2D eigenvalue weighted by atomic mass is 15.0. The molecule has 0 amide bonds. The topological polar surface area (TPSA) is 79.6 Å². The highest BCUT2D eigenvalue weighted by Crippen LogP contribution is 2.30. The van der Waals surface area contributed by atoms with Crippen molar-refractivity contribution in [2.45, 2.75) is 18.8 Å². The van der Waals surface area contributed by atoms with E-state index >= 15 is 0 Å². The number of para-hydroxylation sites is 1. The van der Waals surface area contributed by atoms with E-state index in [4.69, 9.17) is 10.7 Å². The number of nitrogens with zero attached hydrogens (tertiary/aromatic N) is 2. The summed E-state index contributed by atoms with van der Waals surface area (Å²) in [6.45, 7) is 2.10. The molecule has 1 aliphatic heterocycles. The highest BCUT2D eigenvalue weighted by Gasteiger charge is 2.20. The average Bonchev–Trinajstić information content (AvgIpc) is 2.94. The van der Waals surface area contributed by atoms with Crippen LogP contribution in [0.3, 0.4) is 0 Å². The molecule has 0 unspecified atom stereocenters. The third-order valence-electron chi connectivity index (χ3n) is 4.10. The Morgan fingerprint density at radius 1 is 1.10 bits per heavy atom. The number of aromatic nitrogens is 3. The number of nitrogens with one attached hydrogen (secondary N) is 2. The Labute approximate surface area is 116 Å². The number of hydrogen-bond donors (Lipinski definition) is 3. The lowest BCUT2D eigenvalue weighted by Gasteiger charge is -2.20. The molecule has 1 saturated heterocycles. The van der Waals surface area contributed by atoms with Gasteiger partial charge in [0.25, 0.3) is 0 Å². The number of hydrogen-bond acceptors (Lipinski definition) is 4. The number of rotatable bonds is 1. The third-order valence-corrected chi connectivity index (χ3v) is 4.10. The van der Waals surface area contributed by atoms with Crippen molar-refractivity contribution in [2.24, 2.45) is 0 Å². The first-order chi connectivity index (χ1) is 9.83. The maximum Gasteiger partial charge on any atom is 0.152 e. The van der Waals surface area contributed by atoms with Gasteiger partial charge in [-0.3, -0.25) is 0 Å². The van der Waals surface area contributed by atoms with Crippen LogP contribution in [0.15, 0.2) is 24.3 Å². The van der Waals surface area contributed by atoms with Crippen LogP contribution in [0.2, 0.25) is 0 Å². The Morgan fingerprint density at radius 2 is 1.90 bits per heavy atom. The maximum absolute atomic E-state index is 6.06. The molecule has 1 fully saturated rings. The van der Waals surface area contributed by atoms with E-state index in [2.05, 4.69) is 21.4 Å². The van der Waals surface area contributed by atoms with Gasteiger partial charge in [-0.25, -0.2) is 9.97 Å². The number of nitrogens with two attached hydrogens (primary N) is 1. The molecule has 4 rings (SSSR count). The van der Waals surface area contributed by atoms with Crippen molar-refractivity contribution in [3.63, 3.8) is 0 Å². The molecule has 5 heteroatoms. The number of fused-ring (bicyclic) bond motifs is 3. The van der Waals surface area contributed by atoms with E-state index in [9.17, 15) is 0 Å². The van der Waals surface area contributed by atoms with Crippen LogP contribution in [0.1, 0.15) is 24.6 Å². The van der Waals surface area contributed by atoms with E-state index in [1.807, 2.05) is 18.2 Å². The largest absolute Gasteiger partial charge is 0.382 e. The number of piperidine rings is 1. The molecule has 0 spiro atoms. The SMILES string of the molecule is Nc1nc2ccccc2c2[nH]c(C3CCNCC3)nc12. The minimum atomic E-state index is 0.488. The molecular weight excluding hydrogens is 250 g/mol.